The Balaban J connectivity index is 1.70. The number of aryl methyl sites for hydroxylation is 1. The summed E-state index contributed by atoms with van der Waals surface area (Å²) in [6.07, 6.45) is 10.3. The Morgan fingerprint density at radius 1 is 1.15 bits per heavy atom. The predicted octanol–water partition coefficient (Wildman–Crippen LogP) is 4.01. The summed E-state index contributed by atoms with van der Waals surface area (Å²) in [5.74, 6) is -0.343. The van der Waals surface area contributed by atoms with E-state index in [1.54, 1.807) is 11.3 Å². The molecule has 1 aromatic heterocycles. The highest BCUT2D eigenvalue weighted by Gasteiger charge is 2.28. The van der Waals surface area contributed by atoms with E-state index in [9.17, 15) is 9.59 Å². The molecule has 1 fully saturated rings. The van der Waals surface area contributed by atoms with Crippen molar-refractivity contribution in [2.45, 2.75) is 70.8 Å². The van der Waals surface area contributed by atoms with Crippen molar-refractivity contribution >= 4 is 28.2 Å². The van der Waals surface area contributed by atoms with Crippen molar-refractivity contribution in [2.75, 3.05) is 25.5 Å². The molecule has 0 aromatic carbocycles. The van der Waals surface area contributed by atoms with Crippen LogP contribution < -0.4 is 5.32 Å². The maximum atomic E-state index is 12.6. The Morgan fingerprint density at radius 3 is 2.62 bits per heavy atom. The summed E-state index contributed by atoms with van der Waals surface area (Å²) in [6.45, 7) is 2.53. The number of fused-ring (bicyclic) bond motifs is 1. The molecule has 2 aliphatic carbocycles. The van der Waals surface area contributed by atoms with Crippen molar-refractivity contribution in [3.63, 3.8) is 0 Å². The van der Waals surface area contributed by atoms with Gasteiger partial charge in [0.1, 0.15) is 5.00 Å². The van der Waals surface area contributed by atoms with Crippen LogP contribution in [0.15, 0.2) is 0 Å². The first-order valence-electron chi connectivity index (χ1n) is 9.92. The van der Waals surface area contributed by atoms with Crippen molar-refractivity contribution in [3.05, 3.63) is 16.0 Å². The zero-order valence-electron chi connectivity index (χ0n) is 15.9. The maximum Gasteiger partial charge on any atom is 0.341 e. The van der Waals surface area contributed by atoms with Crippen LogP contribution in [0.1, 0.15) is 72.7 Å². The summed E-state index contributed by atoms with van der Waals surface area (Å²) < 4.78 is 5.26. The first kappa shape index (κ1) is 19.4. The number of esters is 1. The lowest BCUT2D eigenvalue weighted by molar-refractivity contribution is -0.117. The molecule has 1 saturated carbocycles. The number of nitrogens with one attached hydrogen (secondary N) is 1. The van der Waals surface area contributed by atoms with Gasteiger partial charge in [-0.15, -0.1) is 11.3 Å². The third-order valence-corrected chi connectivity index (χ3v) is 6.70. The Kier molecular flexibility index (Phi) is 6.70. The molecule has 1 amide bonds. The zero-order chi connectivity index (χ0) is 18.5. The summed E-state index contributed by atoms with van der Waals surface area (Å²) in [4.78, 5) is 28.5. The quantitative estimate of drug-likeness (QED) is 0.760. The van der Waals surface area contributed by atoms with Gasteiger partial charge in [0.15, 0.2) is 0 Å². The molecule has 0 atom stereocenters. The lowest BCUT2D eigenvalue weighted by Crippen LogP contribution is -2.39. The SMILES string of the molecule is CCOC(=O)c1c(NC(=O)CN(C)C2CCCCC2)sc2c1CCCC2. The number of carbonyl (C=O) groups is 2. The van der Waals surface area contributed by atoms with E-state index in [2.05, 4.69) is 10.2 Å². The molecular formula is C20H30N2O3S. The third-order valence-electron chi connectivity index (χ3n) is 5.49. The first-order chi connectivity index (χ1) is 12.6. The molecule has 2 aliphatic rings. The van der Waals surface area contributed by atoms with Crippen molar-refractivity contribution in [1.29, 1.82) is 0 Å². The Bertz CT molecular complexity index is 650. The lowest BCUT2D eigenvalue weighted by atomic mass is 9.94. The van der Waals surface area contributed by atoms with E-state index in [-0.39, 0.29) is 11.9 Å². The van der Waals surface area contributed by atoms with Crippen molar-refractivity contribution in [1.82, 2.24) is 4.90 Å². The highest BCUT2D eigenvalue weighted by atomic mass is 32.1. The van der Waals surface area contributed by atoms with Gasteiger partial charge in [0.2, 0.25) is 5.91 Å². The molecule has 0 radical (unpaired) electrons. The van der Waals surface area contributed by atoms with Crippen LogP contribution in [0.2, 0.25) is 0 Å². The average molecular weight is 379 g/mol. The van der Waals surface area contributed by atoms with E-state index in [0.717, 1.165) is 31.2 Å². The highest BCUT2D eigenvalue weighted by Crippen LogP contribution is 2.38. The Morgan fingerprint density at radius 2 is 1.88 bits per heavy atom. The van der Waals surface area contributed by atoms with Crippen molar-refractivity contribution in [2.24, 2.45) is 0 Å². The van der Waals surface area contributed by atoms with Gasteiger partial charge in [-0.1, -0.05) is 19.3 Å². The van der Waals surface area contributed by atoms with E-state index < -0.39 is 0 Å². The van der Waals surface area contributed by atoms with Crippen LogP contribution in [0.3, 0.4) is 0 Å². The maximum absolute atomic E-state index is 12.6. The van der Waals surface area contributed by atoms with E-state index in [1.165, 1.54) is 37.0 Å². The molecule has 1 heterocycles. The summed E-state index contributed by atoms with van der Waals surface area (Å²) in [6, 6.07) is 0.496. The number of thiophene rings is 1. The second kappa shape index (κ2) is 9.00. The molecule has 26 heavy (non-hydrogen) atoms. The highest BCUT2D eigenvalue weighted by molar-refractivity contribution is 7.17. The van der Waals surface area contributed by atoms with Gasteiger partial charge < -0.3 is 10.1 Å². The number of rotatable bonds is 6. The first-order valence-corrected chi connectivity index (χ1v) is 10.7. The van der Waals surface area contributed by atoms with E-state index in [0.29, 0.717) is 29.8 Å². The summed E-state index contributed by atoms with van der Waals surface area (Å²) in [7, 11) is 2.03. The van der Waals surface area contributed by atoms with Gasteiger partial charge in [-0.3, -0.25) is 9.69 Å². The molecule has 0 unspecified atom stereocenters. The number of hydrogen-bond acceptors (Lipinski definition) is 5. The van der Waals surface area contributed by atoms with Crippen LogP contribution >= 0.6 is 11.3 Å². The summed E-state index contributed by atoms with van der Waals surface area (Å²) in [5.41, 5.74) is 1.69. The number of amides is 1. The molecule has 144 valence electrons. The fourth-order valence-electron chi connectivity index (χ4n) is 4.12. The fourth-order valence-corrected chi connectivity index (χ4v) is 5.41. The second-order valence-corrected chi connectivity index (χ2v) is 8.50. The largest absolute Gasteiger partial charge is 0.462 e. The molecular weight excluding hydrogens is 348 g/mol. The summed E-state index contributed by atoms with van der Waals surface area (Å²) in [5, 5.41) is 3.69. The molecule has 1 N–H and O–H groups in total. The van der Waals surface area contributed by atoms with Gasteiger partial charge in [0, 0.05) is 10.9 Å². The molecule has 0 bridgehead atoms. The monoisotopic (exact) mass is 378 g/mol. The van der Waals surface area contributed by atoms with Gasteiger partial charge in [-0.25, -0.2) is 4.79 Å². The minimum Gasteiger partial charge on any atom is -0.462 e. The van der Waals surface area contributed by atoms with E-state index in [1.807, 2.05) is 14.0 Å². The molecule has 3 rings (SSSR count). The van der Waals surface area contributed by atoms with Gasteiger partial charge in [0.05, 0.1) is 18.7 Å². The predicted molar refractivity (Wildman–Crippen MR) is 105 cm³/mol. The van der Waals surface area contributed by atoms with Gasteiger partial charge >= 0.3 is 5.97 Å². The number of anilines is 1. The van der Waals surface area contributed by atoms with Crippen LogP contribution in [0, 0.1) is 0 Å². The smallest absolute Gasteiger partial charge is 0.341 e. The molecule has 5 nitrogen and oxygen atoms in total. The number of hydrogen-bond donors (Lipinski definition) is 1. The number of likely N-dealkylation sites (N-methyl/N-ethyl adjacent to an activating group) is 1. The minimum absolute atomic E-state index is 0.0396. The van der Waals surface area contributed by atoms with E-state index in [4.69, 9.17) is 4.74 Å². The van der Waals surface area contributed by atoms with E-state index >= 15 is 0 Å². The van der Waals surface area contributed by atoms with Crippen LogP contribution in [-0.2, 0) is 22.4 Å². The average Bonchev–Trinajstić information content (AvgIpc) is 3.00. The van der Waals surface area contributed by atoms with Crippen molar-refractivity contribution in [3.8, 4) is 0 Å². The normalized spacial score (nSPS) is 17.8. The zero-order valence-corrected chi connectivity index (χ0v) is 16.8. The van der Waals surface area contributed by atoms with Crippen LogP contribution in [0.5, 0.6) is 0 Å². The standard InChI is InChI=1S/C20H30N2O3S/c1-3-25-20(24)18-15-11-7-8-12-16(15)26-19(18)21-17(23)13-22(2)14-9-5-4-6-10-14/h14H,3-13H2,1-2H3,(H,21,23). The minimum atomic E-state index is -0.303. The molecule has 0 saturated heterocycles. The Hall–Kier alpha value is -1.40. The van der Waals surface area contributed by atoms with Crippen LogP contribution in [0.4, 0.5) is 5.00 Å². The molecule has 0 aliphatic heterocycles. The van der Waals surface area contributed by atoms with Gasteiger partial charge in [-0.05, 0) is 58.1 Å². The molecule has 1 aromatic rings. The third kappa shape index (κ3) is 4.46. The van der Waals surface area contributed by atoms with Crippen molar-refractivity contribution < 1.29 is 14.3 Å². The summed E-state index contributed by atoms with van der Waals surface area (Å²) >= 11 is 1.56. The fraction of sp³-hybridized carbons (Fsp3) is 0.700. The van der Waals surface area contributed by atoms with Crippen LogP contribution in [0.25, 0.3) is 0 Å². The van der Waals surface area contributed by atoms with Crippen LogP contribution in [-0.4, -0.2) is 43.0 Å². The lowest BCUT2D eigenvalue weighted by Gasteiger charge is -2.30. The number of carbonyl (C=O) groups excluding carboxylic acids is 2. The molecule has 6 heteroatoms. The molecule has 0 spiro atoms. The number of nitrogens with zero attached hydrogens (tertiary/aromatic N) is 1. The second-order valence-electron chi connectivity index (χ2n) is 7.39. The topological polar surface area (TPSA) is 58.6 Å². The van der Waals surface area contributed by atoms with Gasteiger partial charge in [0.25, 0.3) is 0 Å². The number of ether oxygens (including phenoxy) is 1. The Labute approximate surface area is 160 Å². The van der Waals surface area contributed by atoms with Gasteiger partial charge in [-0.2, -0.15) is 0 Å².